The van der Waals surface area contributed by atoms with Crippen molar-refractivity contribution in [2.24, 2.45) is 0 Å². The van der Waals surface area contributed by atoms with Crippen molar-refractivity contribution in [2.75, 3.05) is 13.2 Å². The smallest absolute Gasteiger partial charge is 0.462 e. The number of allylic oxidation sites excluding steroid dienone is 11. The molecule has 1 fully saturated rings. The molecule has 18 nitrogen and oxygen atoms in total. The van der Waals surface area contributed by atoms with E-state index < -0.39 is 95.7 Å². The topological polar surface area (TPSA) is 296 Å². The molecule has 396 valence electrons. The molecule has 69 heavy (non-hydrogen) atoms. The summed E-state index contributed by atoms with van der Waals surface area (Å²) < 4.78 is 49.2. The lowest BCUT2D eigenvalue weighted by molar-refractivity contribution is -0.216. The highest BCUT2D eigenvalue weighted by Gasteiger charge is 2.54. The van der Waals surface area contributed by atoms with Gasteiger partial charge in [0.15, 0.2) is 6.10 Å². The lowest BCUT2D eigenvalue weighted by Gasteiger charge is -2.43. The van der Waals surface area contributed by atoms with E-state index in [4.69, 9.17) is 18.5 Å². The summed E-state index contributed by atoms with van der Waals surface area (Å²) in [6.45, 7) is 2.78. The van der Waals surface area contributed by atoms with E-state index in [2.05, 4.69) is 60.9 Å². The normalized spacial score (nSPS) is 22.8. The Labute approximate surface area is 409 Å². The van der Waals surface area contributed by atoms with Crippen LogP contribution >= 0.6 is 15.6 Å². The first-order valence-electron chi connectivity index (χ1n) is 24.3. The van der Waals surface area contributed by atoms with Gasteiger partial charge in [-0.05, 0) is 77.0 Å². The average molecular weight is 1020 g/mol. The molecule has 0 heterocycles. The van der Waals surface area contributed by atoms with Crippen LogP contribution in [-0.4, -0.2) is 125 Å². The standard InChI is InChI=1S/C49H82O18P2/c1-3-5-7-9-11-12-13-14-15-16-17-18-19-20-21-23-29-35-43(53)65-41(38-64-69(61,62)67-49-46(56)44(54)45(55)48(47(49)57)66-68(58,59)60)37-63-42(52)36-30-34-40(51)33-28-25-24-27-32-39(50)31-26-22-10-8-6-4-2/h11-12,14-15,17-18,22,24-28,32-33,39-41,44-51,54-57H,3-10,13,16,19-21,23,29-31,34-38H2,1-2H3,(H,61,62)(H2,58,59,60)/b12-11-,15-14-,18-17-,25-24+,26-22-,32-27+,33-28-/t39-,40-,41-,44?,45?,46?,47?,48-,49+/m1/s1. The summed E-state index contributed by atoms with van der Waals surface area (Å²) >= 11 is 0. The fourth-order valence-corrected chi connectivity index (χ4v) is 8.29. The van der Waals surface area contributed by atoms with Crippen molar-refractivity contribution in [1.29, 1.82) is 0 Å². The Balaban J connectivity index is 2.72. The van der Waals surface area contributed by atoms with E-state index in [-0.39, 0.29) is 25.7 Å². The lowest BCUT2D eigenvalue weighted by atomic mass is 9.85. The summed E-state index contributed by atoms with van der Waals surface area (Å²) in [6.07, 6.45) is 25.8. The molecule has 9 N–H and O–H groups in total. The molecule has 1 rings (SSSR count). The Kier molecular flexibility index (Phi) is 36.0. The SMILES string of the molecule is CCCCC/C=C\C/C=C\C/C=C\CCCCCCC(=O)O[C@H](COC(=O)CCC[C@H](O)\C=C/C=C/C=C/[C@H](O)C/C=C\CCCCC)COP(=O)(O)O[C@H]1C(O)C(O)C(O)[C@@H](OP(=O)(O)O)C1O. The van der Waals surface area contributed by atoms with Gasteiger partial charge in [0.05, 0.1) is 18.8 Å². The number of phosphoric acid groups is 2. The van der Waals surface area contributed by atoms with Crippen LogP contribution in [0.25, 0.3) is 0 Å². The number of hydrogen-bond acceptors (Lipinski definition) is 15. The molecule has 0 saturated heterocycles. The van der Waals surface area contributed by atoms with E-state index in [1.807, 2.05) is 6.08 Å². The van der Waals surface area contributed by atoms with Crippen molar-refractivity contribution in [3.63, 3.8) is 0 Å². The van der Waals surface area contributed by atoms with Crippen molar-refractivity contribution in [2.45, 2.75) is 197 Å². The highest BCUT2D eigenvalue weighted by molar-refractivity contribution is 7.47. The second-order valence-electron chi connectivity index (χ2n) is 16.9. The first-order valence-corrected chi connectivity index (χ1v) is 27.4. The van der Waals surface area contributed by atoms with Crippen LogP contribution < -0.4 is 0 Å². The predicted molar refractivity (Wildman–Crippen MR) is 262 cm³/mol. The van der Waals surface area contributed by atoms with Gasteiger partial charge in [0, 0.05) is 12.8 Å². The lowest BCUT2D eigenvalue weighted by Crippen LogP contribution is -2.64. The molecular weight excluding hydrogens is 938 g/mol. The van der Waals surface area contributed by atoms with Gasteiger partial charge in [0.25, 0.3) is 0 Å². The highest BCUT2D eigenvalue weighted by atomic mass is 31.2. The number of aliphatic hydroxyl groups excluding tert-OH is 6. The minimum absolute atomic E-state index is 0.0390. The zero-order valence-corrected chi connectivity index (χ0v) is 42.2. The van der Waals surface area contributed by atoms with Gasteiger partial charge in [0.2, 0.25) is 0 Å². The van der Waals surface area contributed by atoms with Gasteiger partial charge in [-0.25, -0.2) is 9.13 Å². The van der Waals surface area contributed by atoms with Crippen molar-refractivity contribution in [1.82, 2.24) is 0 Å². The molecular formula is C49H82O18P2. The maximum absolute atomic E-state index is 13.0. The quantitative estimate of drug-likeness (QED) is 0.00957. The van der Waals surface area contributed by atoms with Crippen molar-refractivity contribution < 1.29 is 87.1 Å². The molecule has 0 spiro atoms. The zero-order valence-electron chi connectivity index (χ0n) is 40.4. The maximum atomic E-state index is 13.0. The van der Waals surface area contributed by atoms with Crippen LogP contribution in [0, 0.1) is 0 Å². The number of unbranched alkanes of at least 4 members (excludes halogenated alkanes) is 10. The first-order chi connectivity index (χ1) is 32.9. The van der Waals surface area contributed by atoms with Crippen molar-refractivity contribution in [3.8, 4) is 0 Å². The molecule has 0 aromatic carbocycles. The molecule has 0 aromatic rings. The highest BCUT2D eigenvalue weighted by Crippen LogP contribution is 2.49. The predicted octanol–water partition coefficient (Wildman–Crippen LogP) is 7.34. The molecule has 0 aliphatic heterocycles. The van der Waals surface area contributed by atoms with Gasteiger partial charge in [-0.2, -0.15) is 0 Å². The number of phosphoric ester groups is 2. The van der Waals surface area contributed by atoms with Gasteiger partial charge in [-0.3, -0.25) is 23.2 Å². The van der Waals surface area contributed by atoms with Gasteiger partial charge >= 0.3 is 27.6 Å². The summed E-state index contributed by atoms with van der Waals surface area (Å²) in [7, 11) is -10.8. The molecule has 0 bridgehead atoms. The Bertz CT molecular complexity index is 1690. The molecule has 0 amide bonds. The van der Waals surface area contributed by atoms with E-state index >= 15 is 0 Å². The number of aliphatic hydroxyl groups is 6. The van der Waals surface area contributed by atoms with E-state index in [0.717, 1.165) is 57.8 Å². The number of rotatable bonds is 39. The van der Waals surface area contributed by atoms with Crippen LogP contribution in [0.3, 0.4) is 0 Å². The van der Waals surface area contributed by atoms with Gasteiger partial charge in [0.1, 0.15) is 43.2 Å². The number of carbonyl (C=O) groups excluding carboxylic acids is 2. The summed E-state index contributed by atoms with van der Waals surface area (Å²) in [5.41, 5.74) is 0. The maximum Gasteiger partial charge on any atom is 0.472 e. The van der Waals surface area contributed by atoms with Crippen molar-refractivity contribution >= 4 is 27.6 Å². The minimum Gasteiger partial charge on any atom is -0.462 e. The fraction of sp³-hybridized carbons (Fsp3) is 0.673. The number of ether oxygens (including phenoxy) is 2. The Morgan fingerprint density at radius 2 is 1.06 bits per heavy atom. The second-order valence-corrected chi connectivity index (χ2v) is 19.5. The van der Waals surface area contributed by atoms with Crippen LogP contribution in [0.5, 0.6) is 0 Å². The van der Waals surface area contributed by atoms with E-state index in [1.54, 1.807) is 30.4 Å². The van der Waals surface area contributed by atoms with E-state index in [0.29, 0.717) is 19.3 Å². The Hall–Kier alpha value is -2.90. The number of hydrogen-bond donors (Lipinski definition) is 9. The molecule has 20 heteroatoms. The van der Waals surface area contributed by atoms with Crippen LogP contribution in [0.4, 0.5) is 0 Å². The summed E-state index contributed by atoms with van der Waals surface area (Å²) in [5.74, 6) is -1.48. The first kappa shape index (κ1) is 64.1. The van der Waals surface area contributed by atoms with Gasteiger partial charge in [-0.15, -0.1) is 0 Å². The van der Waals surface area contributed by atoms with Gasteiger partial charge < -0.3 is 54.8 Å². The third kappa shape index (κ3) is 33.4. The molecule has 0 radical (unpaired) electrons. The fourth-order valence-electron chi connectivity index (χ4n) is 6.75. The molecule has 10 atom stereocenters. The Morgan fingerprint density at radius 1 is 0.551 bits per heavy atom. The van der Waals surface area contributed by atoms with Gasteiger partial charge in [-0.1, -0.05) is 137 Å². The van der Waals surface area contributed by atoms with Crippen LogP contribution in [0.2, 0.25) is 0 Å². The third-order valence-corrected chi connectivity index (χ3v) is 12.1. The number of esters is 2. The molecule has 1 aliphatic rings. The number of carbonyl (C=O) groups is 2. The monoisotopic (exact) mass is 1020 g/mol. The Morgan fingerprint density at radius 3 is 1.64 bits per heavy atom. The van der Waals surface area contributed by atoms with E-state index in [1.165, 1.54) is 31.8 Å². The van der Waals surface area contributed by atoms with Crippen LogP contribution in [-0.2, 0) is 41.8 Å². The zero-order chi connectivity index (χ0) is 51.3. The van der Waals surface area contributed by atoms with Crippen molar-refractivity contribution in [3.05, 3.63) is 85.1 Å². The summed E-state index contributed by atoms with van der Waals surface area (Å²) in [5, 5.41) is 61.6. The molecule has 1 aliphatic carbocycles. The summed E-state index contributed by atoms with van der Waals surface area (Å²) in [4.78, 5) is 54.3. The van der Waals surface area contributed by atoms with Crippen LogP contribution in [0.15, 0.2) is 85.1 Å². The molecule has 5 unspecified atom stereocenters. The summed E-state index contributed by atoms with van der Waals surface area (Å²) in [6, 6.07) is 0. The second kappa shape index (κ2) is 38.7. The van der Waals surface area contributed by atoms with E-state index in [9.17, 15) is 64.0 Å². The largest absolute Gasteiger partial charge is 0.472 e. The average Bonchev–Trinajstić information content (AvgIpc) is 3.29. The van der Waals surface area contributed by atoms with Crippen LogP contribution in [0.1, 0.15) is 142 Å². The minimum atomic E-state index is -5.40. The molecule has 1 saturated carbocycles. The molecule has 0 aromatic heterocycles. The third-order valence-electron chi connectivity index (χ3n) is 10.6.